The lowest BCUT2D eigenvalue weighted by Crippen LogP contribution is -2.43. The standard InChI is InChI=1S/C20H22N4O3/c1-20(11-12-8-9-15(22-2)14(21)10-12)17(25)16(19(27)24-20)18(26)23-13-6-4-3-5-7-13/h3-10,22,25H,11,21H2,1-2H3,(H,23,26)(H,24,27). The van der Waals surface area contributed by atoms with Gasteiger partial charge in [0, 0.05) is 19.2 Å². The summed E-state index contributed by atoms with van der Waals surface area (Å²) in [5.41, 5.74) is 7.34. The van der Waals surface area contributed by atoms with Gasteiger partial charge in [0.05, 0.1) is 16.9 Å². The minimum absolute atomic E-state index is 0.277. The molecule has 3 rings (SSSR count). The molecule has 0 saturated carbocycles. The number of nitrogens with two attached hydrogens (primary N) is 1. The number of nitrogens with one attached hydrogen (secondary N) is 3. The molecule has 6 N–H and O–H groups in total. The summed E-state index contributed by atoms with van der Waals surface area (Å²) in [7, 11) is 1.77. The van der Waals surface area contributed by atoms with E-state index in [1.807, 2.05) is 18.2 Å². The summed E-state index contributed by atoms with van der Waals surface area (Å²) in [6, 6.07) is 14.2. The number of nitrogen functional groups attached to an aromatic ring is 1. The minimum Gasteiger partial charge on any atom is -0.509 e. The van der Waals surface area contributed by atoms with Gasteiger partial charge in [0.15, 0.2) is 0 Å². The van der Waals surface area contributed by atoms with Crippen molar-refractivity contribution in [2.45, 2.75) is 18.9 Å². The number of hydrogen-bond acceptors (Lipinski definition) is 5. The van der Waals surface area contributed by atoms with Crippen LogP contribution in [-0.2, 0) is 16.0 Å². The van der Waals surface area contributed by atoms with Crippen LogP contribution in [0.3, 0.4) is 0 Å². The number of benzene rings is 2. The number of anilines is 3. The van der Waals surface area contributed by atoms with E-state index in [4.69, 9.17) is 5.73 Å². The summed E-state index contributed by atoms with van der Waals surface area (Å²) in [5, 5.41) is 19.0. The zero-order valence-corrected chi connectivity index (χ0v) is 15.2. The molecule has 0 radical (unpaired) electrons. The fourth-order valence-corrected chi connectivity index (χ4v) is 3.17. The van der Waals surface area contributed by atoms with Crippen LogP contribution in [-0.4, -0.2) is 29.5 Å². The molecule has 140 valence electrons. The maximum Gasteiger partial charge on any atom is 0.264 e. The van der Waals surface area contributed by atoms with Crippen molar-refractivity contribution >= 4 is 28.9 Å². The van der Waals surface area contributed by atoms with Crippen molar-refractivity contribution in [2.24, 2.45) is 0 Å². The van der Waals surface area contributed by atoms with E-state index >= 15 is 0 Å². The summed E-state index contributed by atoms with van der Waals surface area (Å²) < 4.78 is 0. The number of para-hydroxylation sites is 1. The first kappa shape index (κ1) is 18.3. The van der Waals surface area contributed by atoms with Crippen LogP contribution in [0.4, 0.5) is 17.1 Å². The van der Waals surface area contributed by atoms with Gasteiger partial charge in [-0.05, 0) is 36.8 Å². The normalized spacial score (nSPS) is 19.0. The molecule has 0 bridgehead atoms. The van der Waals surface area contributed by atoms with E-state index in [-0.39, 0.29) is 11.3 Å². The van der Waals surface area contributed by atoms with Gasteiger partial charge in [0.1, 0.15) is 11.3 Å². The number of aliphatic hydroxyl groups is 1. The molecule has 1 atom stereocenters. The molecular weight excluding hydrogens is 344 g/mol. The molecule has 0 aromatic heterocycles. The lowest BCUT2D eigenvalue weighted by Gasteiger charge is -2.25. The molecule has 1 aliphatic rings. The predicted octanol–water partition coefficient (Wildman–Crippen LogP) is 2.19. The molecule has 0 spiro atoms. The second-order valence-corrected chi connectivity index (χ2v) is 6.68. The van der Waals surface area contributed by atoms with Gasteiger partial charge in [-0.1, -0.05) is 24.3 Å². The van der Waals surface area contributed by atoms with Crippen LogP contribution in [0.1, 0.15) is 12.5 Å². The third-order valence-electron chi connectivity index (χ3n) is 4.58. The van der Waals surface area contributed by atoms with Gasteiger partial charge in [-0.3, -0.25) is 9.59 Å². The summed E-state index contributed by atoms with van der Waals surface area (Å²) >= 11 is 0. The third kappa shape index (κ3) is 3.57. The van der Waals surface area contributed by atoms with Crippen molar-refractivity contribution in [3.8, 4) is 0 Å². The smallest absolute Gasteiger partial charge is 0.264 e. The molecule has 1 unspecified atom stereocenters. The second kappa shape index (κ2) is 7.03. The van der Waals surface area contributed by atoms with Crippen molar-refractivity contribution in [3.63, 3.8) is 0 Å². The monoisotopic (exact) mass is 366 g/mol. The van der Waals surface area contributed by atoms with Crippen molar-refractivity contribution in [2.75, 3.05) is 23.4 Å². The van der Waals surface area contributed by atoms with Gasteiger partial charge in [-0.2, -0.15) is 0 Å². The first-order valence-corrected chi connectivity index (χ1v) is 8.53. The molecule has 7 heteroatoms. The molecule has 1 aliphatic heterocycles. The molecule has 2 amide bonds. The Morgan fingerprint density at radius 3 is 2.56 bits per heavy atom. The van der Waals surface area contributed by atoms with E-state index < -0.39 is 17.4 Å². The Morgan fingerprint density at radius 1 is 1.22 bits per heavy atom. The minimum atomic E-state index is -1.09. The molecule has 2 aromatic carbocycles. The fourth-order valence-electron chi connectivity index (χ4n) is 3.17. The summed E-state index contributed by atoms with van der Waals surface area (Å²) in [6.07, 6.45) is 0.293. The first-order chi connectivity index (χ1) is 12.8. The van der Waals surface area contributed by atoms with Gasteiger partial charge in [0.2, 0.25) is 0 Å². The zero-order valence-electron chi connectivity index (χ0n) is 15.2. The molecule has 0 aliphatic carbocycles. The predicted molar refractivity (Wildman–Crippen MR) is 105 cm³/mol. The van der Waals surface area contributed by atoms with Crippen molar-refractivity contribution < 1.29 is 14.7 Å². The number of carbonyl (C=O) groups is 2. The number of aliphatic hydroxyl groups excluding tert-OH is 1. The Morgan fingerprint density at radius 2 is 1.93 bits per heavy atom. The Kier molecular flexibility index (Phi) is 4.77. The number of amides is 2. The molecule has 2 aromatic rings. The maximum atomic E-state index is 12.5. The van der Waals surface area contributed by atoms with E-state index in [9.17, 15) is 14.7 Å². The summed E-state index contributed by atoms with van der Waals surface area (Å²) in [5.74, 6) is -1.54. The Bertz CT molecular complexity index is 924. The van der Waals surface area contributed by atoms with Crippen LogP contribution in [0.25, 0.3) is 0 Å². The second-order valence-electron chi connectivity index (χ2n) is 6.68. The van der Waals surface area contributed by atoms with Crippen LogP contribution in [0.5, 0.6) is 0 Å². The van der Waals surface area contributed by atoms with Crippen LogP contribution in [0, 0.1) is 0 Å². The highest BCUT2D eigenvalue weighted by atomic mass is 16.3. The highest BCUT2D eigenvalue weighted by Gasteiger charge is 2.44. The van der Waals surface area contributed by atoms with Crippen molar-refractivity contribution in [3.05, 3.63) is 65.4 Å². The van der Waals surface area contributed by atoms with Gasteiger partial charge in [-0.25, -0.2) is 0 Å². The lowest BCUT2D eigenvalue weighted by atomic mass is 9.91. The summed E-state index contributed by atoms with van der Waals surface area (Å²) in [6.45, 7) is 1.67. The van der Waals surface area contributed by atoms with Gasteiger partial charge in [-0.15, -0.1) is 0 Å². The van der Waals surface area contributed by atoms with Crippen molar-refractivity contribution in [1.82, 2.24) is 5.32 Å². The molecule has 27 heavy (non-hydrogen) atoms. The van der Waals surface area contributed by atoms with E-state index in [0.717, 1.165) is 11.3 Å². The molecule has 0 saturated heterocycles. The van der Waals surface area contributed by atoms with E-state index in [2.05, 4.69) is 16.0 Å². The van der Waals surface area contributed by atoms with Crippen LogP contribution >= 0.6 is 0 Å². The quantitative estimate of drug-likeness (QED) is 0.411. The topological polar surface area (TPSA) is 116 Å². The zero-order chi connectivity index (χ0) is 19.6. The number of rotatable bonds is 5. The third-order valence-corrected chi connectivity index (χ3v) is 4.58. The SMILES string of the molecule is CNc1ccc(CC2(C)NC(=O)C(C(=O)Nc3ccccc3)=C2O)cc1N. The highest BCUT2D eigenvalue weighted by Crippen LogP contribution is 2.31. The molecule has 1 heterocycles. The van der Waals surface area contributed by atoms with Crippen LogP contribution in [0.15, 0.2) is 59.9 Å². The Labute approximate surface area is 157 Å². The van der Waals surface area contributed by atoms with Crippen molar-refractivity contribution in [1.29, 1.82) is 0 Å². The Hall–Kier alpha value is -3.48. The molecular formula is C20H22N4O3. The van der Waals surface area contributed by atoms with Gasteiger partial charge in [0.25, 0.3) is 11.8 Å². The highest BCUT2D eigenvalue weighted by molar-refractivity contribution is 6.24. The number of hydrogen-bond donors (Lipinski definition) is 5. The molecule has 7 nitrogen and oxygen atoms in total. The first-order valence-electron chi connectivity index (χ1n) is 8.53. The van der Waals surface area contributed by atoms with Crippen LogP contribution < -0.4 is 21.7 Å². The van der Waals surface area contributed by atoms with Crippen LogP contribution in [0.2, 0.25) is 0 Å². The van der Waals surface area contributed by atoms with E-state index in [1.165, 1.54) is 0 Å². The van der Waals surface area contributed by atoms with E-state index in [0.29, 0.717) is 17.8 Å². The van der Waals surface area contributed by atoms with Gasteiger partial charge < -0.3 is 26.8 Å². The summed E-state index contributed by atoms with van der Waals surface area (Å²) in [4.78, 5) is 24.9. The molecule has 0 fully saturated rings. The largest absolute Gasteiger partial charge is 0.509 e. The number of carbonyl (C=O) groups excluding carboxylic acids is 2. The van der Waals surface area contributed by atoms with E-state index in [1.54, 1.807) is 44.3 Å². The maximum absolute atomic E-state index is 12.5. The van der Waals surface area contributed by atoms with Gasteiger partial charge >= 0.3 is 0 Å². The Balaban J connectivity index is 1.85. The average Bonchev–Trinajstić information content (AvgIpc) is 2.84. The fraction of sp³-hybridized carbons (Fsp3) is 0.200. The average molecular weight is 366 g/mol. The lowest BCUT2D eigenvalue weighted by molar-refractivity contribution is -0.121.